The molecule has 1 unspecified atom stereocenters. The van der Waals surface area contributed by atoms with E-state index in [2.05, 4.69) is 15.6 Å². The fourth-order valence-corrected chi connectivity index (χ4v) is 2.19. The van der Waals surface area contributed by atoms with Crippen LogP contribution in [0.25, 0.3) is 0 Å². The number of carboxylic acids is 1. The third-order valence-corrected chi connectivity index (χ3v) is 3.26. The van der Waals surface area contributed by atoms with Crippen molar-refractivity contribution in [2.75, 3.05) is 6.54 Å². The lowest BCUT2D eigenvalue weighted by Gasteiger charge is -2.09. The number of thiazole rings is 1. The predicted octanol–water partition coefficient (Wildman–Crippen LogP) is 1.01. The van der Waals surface area contributed by atoms with Crippen molar-refractivity contribution in [1.29, 1.82) is 0 Å². The Hall–Kier alpha value is -1.96. The molecule has 0 aliphatic carbocycles. The number of carbonyl (C=O) groups excluding carboxylic acids is 2. The molecule has 1 aromatic heterocycles. The fourth-order valence-electron chi connectivity index (χ4n) is 1.57. The second kappa shape index (κ2) is 8.26. The molecule has 0 saturated heterocycles. The van der Waals surface area contributed by atoms with Gasteiger partial charge in [0.1, 0.15) is 0 Å². The third-order valence-electron chi connectivity index (χ3n) is 2.42. The van der Waals surface area contributed by atoms with Crippen LogP contribution < -0.4 is 10.6 Å². The molecular formula is C12H17N3O4S. The van der Waals surface area contributed by atoms with Gasteiger partial charge in [0.25, 0.3) is 0 Å². The SMILES string of the molecule is CC(CC(=O)O)CC(=O)NC(=O)NCCc1nccs1. The van der Waals surface area contributed by atoms with Gasteiger partial charge < -0.3 is 10.4 Å². The van der Waals surface area contributed by atoms with Gasteiger partial charge in [-0.2, -0.15) is 0 Å². The highest BCUT2D eigenvalue weighted by Gasteiger charge is 2.14. The highest BCUT2D eigenvalue weighted by atomic mass is 32.1. The molecule has 3 N–H and O–H groups in total. The summed E-state index contributed by atoms with van der Waals surface area (Å²) in [5, 5.41) is 16.0. The number of carboxylic acid groups (broad SMARTS) is 1. The van der Waals surface area contributed by atoms with E-state index in [9.17, 15) is 14.4 Å². The van der Waals surface area contributed by atoms with Crippen molar-refractivity contribution < 1.29 is 19.5 Å². The Labute approximate surface area is 120 Å². The van der Waals surface area contributed by atoms with E-state index in [1.165, 1.54) is 11.3 Å². The van der Waals surface area contributed by atoms with Crippen LogP contribution in [0.3, 0.4) is 0 Å². The molecule has 20 heavy (non-hydrogen) atoms. The Morgan fingerprint density at radius 2 is 2.15 bits per heavy atom. The molecule has 0 saturated carbocycles. The third kappa shape index (κ3) is 6.83. The fraction of sp³-hybridized carbons (Fsp3) is 0.500. The van der Waals surface area contributed by atoms with Gasteiger partial charge in [0.2, 0.25) is 5.91 Å². The number of imide groups is 1. The minimum absolute atomic E-state index is 0.00615. The van der Waals surface area contributed by atoms with Gasteiger partial charge in [0, 0.05) is 37.4 Å². The minimum Gasteiger partial charge on any atom is -0.481 e. The largest absolute Gasteiger partial charge is 0.481 e. The first-order chi connectivity index (χ1) is 9.47. The van der Waals surface area contributed by atoms with E-state index in [4.69, 9.17) is 5.11 Å². The number of rotatable bonds is 7. The summed E-state index contributed by atoms with van der Waals surface area (Å²) in [4.78, 5) is 37.4. The standard InChI is InChI=1S/C12H17N3O4S/c1-8(7-11(17)18)6-9(16)15-12(19)14-3-2-10-13-4-5-20-10/h4-5,8H,2-3,6-7H2,1H3,(H,17,18)(H2,14,15,16,19). The van der Waals surface area contributed by atoms with Crippen LogP contribution in [0.5, 0.6) is 0 Å². The molecule has 0 fully saturated rings. The first kappa shape index (κ1) is 16.1. The lowest BCUT2D eigenvalue weighted by atomic mass is 10.0. The Bertz CT molecular complexity index is 461. The molecule has 0 bridgehead atoms. The number of urea groups is 1. The molecule has 1 rings (SSSR count). The Morgan fingerprint density at radius 3 is 2.75 bits per heavy atom. The predicted molar refractivity (Wildman–Crippen MR) is 73.4 cm³/mol. The second-order valence-electron chi connectivity index (χ2n) is 4.39. The van der Waals surface area contributed by atoms with Crippen molar-refractivity contribution in [3.05, 3.63) is 16.6 Å². The Morgan fingerprint density at radius 1 is 1.40 bits per heavy atom. The number of hydrogen-bond donors (Lipinski definition) is 3. The van der Waals surface area contributed by atoms with Gasteiger partial charge in [-0.15, -0.1) is 11.3 Å². The smallest absolute Gasteiger partial charge is 0.321 e. The summed E-state index contributed by atoms with van der Waals surface area (Å²) >= 11 is 1.50. The van der Waals surface area contributed by atoms with Gasteiger partial charge in [-0.1, -0.05) is 6.92 Å². The van der Waals surface area contributed by atoms with Gasteiger partial charge in [-0.3, -0.25) is 14.9 Å². The van der Waals surface area contributed by atoms with Gasteiger partial charge in [0.15, 0.2) is 0 Å². The van der Waals surface area contributed by atoms with Crippen molar-refractivity contribution in [1.82, 2.24) is 15.6 Å². The summed E-state index contributed by atoms with van der Waals surface area (Å²) in [5.74, 6) is -1.75. The van der Waals surface area contributed by atoms with Crippen molar-refractivity contribution >= 4 is 29.2 Å². The summed E-state index contributed by atoms with van der Waals surface area (Å²) in [7, 11) is 0. The van der Waals surface area contributed by atoms with Crippen molar-refractivity contribution in [2.24, 2.45) is 5.92 Å². The summed E-state index contributed by atoms with van der Waals surface area (Å²) in [6.45, 7) is 2.03. The molecule has 7 nitrogen and oxygen atoms in total. The second-order valence-corrected chi connectivity index (χ2v) is 5.37. The van der Waals surface area contributed by atoms with E-state index in [0.717, 1.165) is 5.01 Å². The summed E-state index contributed by atoms with van der Waals surface area (Å²) in [5.41, 5.74) is 0. The maximum Gasteiger partial charge on any atom is 0.321 e. The molecule has 0 aliphatic heterocycles. The molecule has 0 spiro atoms. The van der Waals surface area contributed by atoms with Gasteiger partial charge in [0.05, 0.1) is 5.01 Å². The van der Waals surface area contributed by atoms with Crippen molar-refractivity contribution in [3.8, 4) is 0 Å². The number of hydrogen-bond acceptors (Lipinski definition) is 5. The van der Waals surface area contributed by atoms with Crippen LogP contribution in [0, 0.1) is 5.92 Å². The van der Waals surface area contributed by atoms with Crippen LogP contribution in [-0.2, 0) is 16.0 Å². The topological polar surface area (TPSA) is 108 Å². The highest BCUT2D eigenvalue weighted by molar-refractivity contribution is 7.09. The quantitative estimate of drug-likeness (QED) is 0.696. The van der Waals surface area contributed by atoms with Crippen LogP contribution >= 0.6 is 11.3 Å². The minimum atomic E-state index is -0.960. The molecule has 1 heterocycles. The zero-order chi connectivity index (χ0) is 15.0. The summed E-state index contributed by atoms with van der Waals surface area (Å²) in [6.07, 6.45) is 2.20. The van der Waals surface area contributed by atoms with Crippen LogP contribution in [-0.4, -0.2) is 34.5 Å². The Balaban J connectivity index is 2.17. The van der Waals surface area contributed by atoms with E-state index in [1.54, 1.807) is 13.1 Å². The number of carbonyl (C=O) groups is 3. The molecule has 0 aliphatic rings. The van der Waals surface area contributed by atoms with Crippen molar-refractivity contribution in [3.63, 3.8) is 0 Å². The van der Waals surface area contributed by atoms with E-state index in [1.807, 2.05) is 5.38 Å². The molecule has 1 atom stereocenters. The average Bonchev–Trinajstić information content (AvgIpc) is 2.80. The number of aliphatic carboxylic acids is 1. The molecule has 0 aromatic carbocycles. The van der Waals surface area contributed by atoms with Gasteiger partial charge >= 0.3 is 12.0 Å². The Kier molecular flexibility index (Phi) is 6.65. The van der Waals surface area contributed by atoms with E-state index in [-0.39, 0.29) is 18.8 Å². The number of nitrogens with zero attached hydrogens (tertiary/aromatic N) is 1. The van der Waals surface area contributed by atoms with Crippen LogP contribution in [0.1, 0.15) is 24.8 Å². The van der Waals surface area contributed by atoms with E-state index < -0.39 is 17.9 Å². The van der Waals surface area contributed by atoms with Gasteiger partial charge in [-0.25, -0.2) is 9.78 Å². The summed E-state index contributed by atoms with van der Waals surface area (Å²) < 4.78 is 0. The number of nitrogens with one attached hydrogen (secondary N) is 2. The monoisotopic (exact) mass is 299 g/mol. The lowest BCUT2D eigenvalue weighted by Crippen LogP contribution is -2.40. The first-order valence-corrected chi connectivity index (χ1v) is 7.03. The lowest BCUT2D eigenvalue weighted by molar-refractivity contribution is -0.138. The zero-order valence-corrected chi connectivity index (χ0v) is 11.9. The average molecular weight is 299 g/mol. The normalized spacial score (nSPS) is 11.7. The van der Waals surface area contributed by atoms with Crippen LogP contribution in [0.15, 0.2) is 11.6 Å². The highest BCUT2D eigenvalue weighted by Crippen LogP contribution is 2.06. The zero-order valence-electron chi connectivity index (χ0n) is 11.1. The first-order valence-electron chi connectivity index (χ1n) is 6.15. The molecule has 110 valence electrons. The molecule has 3 amide bonds. The van der Waals surface area contributed by atoms with E-state index >= 15 is 0 Å². The maximum atomic E-state index is 11.5. The number of aromatic nitrogens is 1. The van der Waals surface area contributed by atoms with Crippen LogP contribution in [0.4, 0.5) is 4.79 Å². The molecule has 8 heteroatoms. The number of amides is 3. The molecule has 0 radical (unpaired) electrons. The molecule has 1 aromatic rings. The maximum absolute atomic E-state index is 11.5. The van der Waals surface area contributed by atoms with Gasteiger partial charge in [-0.05, 0) is 5.92 Å². The van der Waals surface area contributed by atoms with E-state index in [0.29, 0.717) is 13.0 Å². The molecular weight excluding hydrogens is 282 g/mol. The van der Waals surface area contributed by atoms with Crippen LogP contribution in [0.2, 0.25) is 0 Å². The summed E-state index contributed by atoms with van der Waals surface area (Å²) in [6, 6.07) is -0.575. The van der Waals surface area contributed by atoms with Crippen molar-refractivity contribution in [2.45, 2.75) is 26.2 Å².